The van der Waals surface area contributed by atoms with Gasteiger partial charge in [0.05, 0.1) is 6.10 Å². The van der Waals surface area contributed by atoms with E-state index in [4.69, 9.17) is 9.47 Å². The van der Waals surface area contributed by atoms with E-state index in [1.54, 1.807) is 7.05 Å². The van der Waals surface area contributed by atoms with Crippen LogP contribution in [0.3, 0.4) is 0 Å². The van der Waals surface area contributed by atoms with Crippen LogP contribution in [0.15, 0.2) is 4.99 Å². The molecule has 0 aliphatic heterocycles. The molecule has 1 fully saturated rings. The maximum absolute atomic E-state index is 11.8. The van der Waals surface area contributed by atoms with Crippen LogP contribution in [-0.2, 0) is 14.3 Å². The van der Waals surface area contributed by atoms with Gasteiger partial charge in [-0.15, -0.1) is 0 Å². The van der Waals surface area contributed by atoms with Gasteiger partial charge in [-0.25, -0.2) is 0 Å². The Hall–Kier alpha value is -1.30. The first kappa shape index (κ1) is 21.7. The number of esters is 1. The van der Waals surface area contributed by atoms with Crippen LogP contribution in [-0.4, -0.2) is 50.9 Å². The highest BCUT2D eigenvalue weighted by atomic mass is 16.5. The van der Waals surface area contributed by atoms with Gasteiger partial charge >= 0.3 is 5.97 Å². The van der Waals surface area contributed by atoms with Crippen molar-refractivity contribution in [1.29, 1.82) is 0 Å². The van der Waals surface area contributed by atoms with E-state index in [0.29, 0.717) is 18.9 Å². The Labute approximate surface area is 153 Å². The summed E-state index contributed by atoms with van der Waals surface area (Å²) < 4.78 is 11.2. The van der Waals surface area contributed by atoms with Gasteiger partial charge in [0.1, 0.15) is 6.10 Å². The van der Waals surface area contributed by atoms with Crippen LogP contribution in [0, 0.1) is 5.92 Å². The van der Waals surface area contributed by atoms with Crippen LogP contribution in [0.4, 0.5) is 0 Å². The van der Waals surface area contributed by atoms with Gasteiger partial charge in [0.15, 0.2) is 5.96 Å². The van der Waals surface area contributed by atoms with E-state index in [1.807, 2.05) is 6.92 Å². The summed E-state index contributed by atoms with van der Waals surface area (Å²) in [4.78, 5) is 16.0. The van der Waals surface area contributed by atoms with Gasteiger partial charge in [-0.2, -0.15) is 0 Å². The number of guanidine groups is 1. The van der Waals surface area contributed by atoms with Crippen molar-refractivity contribution in [2.45, 2.75) is 77.9 Å². The highest BCUT2D eigenvalue weighted by molar-refractivity contribution is 5.79. The van der Waals surface area contributed by atoms with E-state index in [0.717, 1.165) is 44.8 Å². The minimum atomic E-state index is -0.0758. The minimum Gasteiger partial charge on any atom is -0.462 e. The molecule has 1 rings (SSSR count). The summed E-state index contributed by atoms with van der Waals surface area (Å²) in [5.41, 5.74) is 0. The van der Waals surface area contributed by atoms with E-state index < -0.39 is 0 Å². The lowest BCUT2D eigenvalue weighted by atomic mass is 10.0. The molecule has 0 heterocycles. The van der Waals surface area contributed by atoms with Gasteiger partial charge in [-0.05, 0) is 51.4 Å². The van der Waals surface area contributed by atoms with Gasteiger partial charge < -0.3 is 20.1 Å². The molecule has 0 spiro atoms. The monoisotopic (exact) mass is 355 g/mol. The zero-order valence-electron chi connectivity index (χ0n) is 16.5. The Morgan fingerprint density at radius 1 is 1.20 bits per heavy atom. The third-order valence-electron chi connectivity index (χ3n) is 4.52. The molecule has 0 amide bonds. The molecule has 1 aliphatic rings. The largest absolute Gasteiger partial charge is 0.462 e. The van der Waals surface area contributed by atoms with Crippen LogP contribution >= 0.6 is 0 Å². The molecular formula is C19H37N3O3. The molecule has 6 nitrogen and oxygen atoms in total. The standard InChI is InChI=1S/C19H37N3O3/c1-5-24-17(15(2)3)12-14-22-19(20-4)21-13-8-11-18(23)25-16-9-6-7-10-16/h15-17H,5-14H2,1-4H3,(H2,20,21,22). The van der Waals surface area contributed by atoms with E-state index >= 15 is 0 Å². The Morgan fingerprint density at radius 3 is 2.48 bits per heavy atom. The first-order valence-corrected chi connectivity index (χ1v) is 9.82. The highest BCUT2D eigenvalue weighted by Gasteiger charge is 2.18. The number of hydrogen-bond acceptors (Lipinski definition) is 4. The molecule has 0 saturated heterocycles. The molecule has 0 aromatic heterocycles. The number of aliphatic imine (C=N–C) groups is 1. The molecule has 0 bridgehead atoms. The number of hydrogen-bond donors (Lipinski definition) is 2. The van der Waals surface area contributed by atoms with Crippen LogP contribution in [0.25, 0.3) is 0 Å². The van der Waals surface area contributed by atoms with Gasteiger partial charge in [0.25, 0.3) is 0 Å². The summed E-state index contributed by atoms with van der Waals surface area (Å²) in [6.45, 7) is 8.65. The average molecular weight is 356 g/mol. The molecule has 6 heteroatoms. The molecule has 146 valence electrons. The van der Waals surface area contributed by atoms with Gasteiger partial charge in [0, 0.05) is 33.2 Å². The van der Waals surface area contributed by atoms with Crippen molar-refractivity contribution >= 4 is 11.9 Å². The molecule has 0 aromatic carbocycles. The van der Waals surface area contributed by atoms with Crippen molar-refractivity contribution in [2.75, 3.05) is 26.7 Å². The second kappa shape index (κ2) is 13.0. The number of ether oxygens (including phenoxy) is 2. The molecular weight excluding hydrogens is 318 g/mol. The van der Waals surface area contributed by atoms with Crippen LogP contribution in [0.2, 0.25) is 0 Å². The summed E-state index contributed by atoms with van der Waals surface area (Å²) >= 11 is 0. The lowest BCUT2D eigenvalue weighted by Crippen LogP contribution is -2.39. The van der Waals surface area contributed by atoms with Crippen LogP contribution < -0.4 is 10.6 Å². The van der Waals surface area contributed by atoms with Crippen LogP contribution in [0.1, 0.15) is 65.7 Å². The summed E-state index contributed by atoms with van der Waals surface area (Å²) in [6, 6.07) is 0. The lowest BCUT2D eigenvalue weighted by Gasteiger charge is -2.21. The Balaban J connectivity index is 2.11. The maximum atomic E-state index is 11.8. The summed E-state index contributed by atoms with van der Waals surface area (Å²) in [7, 11) is 1.76. The summed E-state index contributed by atoms with van der Waals surface area (Å²) in [6.07, 6.45) is 7.00. The van der Waals surface area contributed by atoms with Gasteiger partial charge in [-0.1, -0.05) is 13.8 Å². The number of nitrogens with one attached hydrogen (secondary N) is 2. The molecule has 1 unspecified atom stereocenters. The van der Waals surface area contributed by atoms with Crippen molar-refractivity contribution in [3.63, 3.8) is 0 Å². The zero-order chi connectivity index (χ0) is 18.5. The maximum Gasteiger partial charge on any atom is 0.306 e. The molecule has 0 aromatic rings. The van der Waals surface area contributed by atoms with Gasteiger partial charge in [0.2, 0.25) is 0 Å². The SMILES string of the molecule is CCOC(CCNC(=NC)NCCCC(=O)OC1CCCC1)C(C)C. The highest BCUT2D eigenvalue weighted by Crippen LogP contribution is 2.21. The second-order valence-corrected chi connectivity index (χ2v) is 6.95. The third kappa shape index (κ3) is 9.68. The Kier molecular flexibility index (Phi) is 11.3. The first-order chi connectivity index (χ1) is 12.1. The van der Waals surface area contributed by atoms with E-state index in [9.17, 15) is 4.79 Å². The fourth-order valence-electron chi connectivity index (χ4n) is 3.07. The van der Waals surface area contributed by atoms with Crippen molar-refractivity contribution in [2.24, 2.45) is 10.9 Å². The number of carbonyl (C=O) groups excluding carboxylic acids is 1. The fourth-order valence-corrected chi connectivity index (χ4v) is 3.07. The summed E-state index contributed by atoms with van der Waals surface area (Å²) in [5, 5.41) is 6.55. The fraction of sp³-hybridized carbons (Fsp3) is 0.895. The zero-order valence-corrected chi connectivity index (χ0v) is 16.5. The number of carbonyl (C=O) groups is 1. The topological polar surface area (TPSA) is 72.0 Å². The minimum absolute atomic E-state index is 0.0758. The number of nitrogens with zero attached hydrogens (tertiary/aromatic N) is 1. The second-order valence-electron chi connectivity index (χ2n) is 6.95. The van der Waals surface area contributed by atoms with E-state index in [-0.39, 0.29) is 18.2 Å². The third-order valence-corrected chi connectivity index (χ3v) is 4.52. The average Bonchev–Trinajstić information content (AvgIpc) is 3.08. The predicted octanol–water partition coefficient (Wildman–Crippen LogP) is 2.87. The first-order valence-electron chi connectivity index (χ1n) is 9.82. The molecule has 0 radical (unpaired) electrons. The molecule has 25 heavy (non-hydrogen) atoms. The van der Waals surface area contributed by atoms with E-state index in [2.05, 4.69) is 29.5 Å². The number of rotatable bonds is 11. The predicted molar refractivity (Wildman–Crippen MR) is 102 cm³/mol. The normalized spacial score (nSPS) is 16.9. The summed E-state index contributed by atoms with van der Waals surface area (Å²) in [5.74, 6) is 1.19. The molecule has 1 saturated carbocycles. The van der Waals surface area contributed by atoms with Crippen molar-refractivity contribution in [3.8, 4) is 0 Å². The lowest BCUT2D eigenvalue weighted by molar-refractivity contribution is -0.148. The van der Waals surface area contributed by atoms with Crippen molar-refractivity contribution in [3.05, 3.63) is 0 Å². The molecule has 1 aliphatic carbocycles. The Morgan fingerprint density at radius 2 is 1.88 bits per heavy atom. The quantitative estimate of drug-likeness (QED) is 0.258. The molecule has 1 atom stereocenters. The van der Waals surface area contributed by atoms with Crippen molar-refractivity contribution in [1.82, 2.24) is 10.6 Å². The van der Waals surface area contributed by atoms with Crippen molar-refractivity contribution < 1.29 is 14.3 Å². The van der Waals surface area contributed by atoms with Crippen LogP contribution in [0.5, 0.6) is 0 Å². The van der Waals surface area contributed by atoms with Gasteiger partial charge in [-0.3, -0.25) is 9.79 Å². The van der Waals surface area contributed by atoms with E-state index in [1.165, 1.54) is 12.8 Å². The smallest absolute Gasteiger partial charge is 0.306 e. The Bertz CT molecular complexity index is 393. The molecule has 2 N–H and O–H groups in total.